The molecule has 0 unspecified atom stereocenters. The van der Waals surface area contributed by atoms with Crippen LogP contribution in [0.15, 0.2) is 78.4 Å². The smallest absolute Gasteiger partial charge is 0.343 e. The van der Waals surface area contributed by atoms with Crippen molar-refractivity contribution in [3.8, 4) is 5.75 Å². The molecule has 3 aromatic carbocycles. The normalized spacial score (nSPS) is 17.5. The van der Waals surface area contributed by atoms with Crippen molar-refractivity contribution >= 4 is 58.4 Å². The number of esters is 1. The number of benzene rings is 3. The number of allylic oxidation sites excluding steroid dienone is 2. The van der Waals surface area contributed by atoms with Gasteiger partial charge in [0.1, 0.15) is 12.3 Å². The molecule has 0 radical (unpaired) electrons. The maximum Gasteiger partial charge on any atom is 0.343 e. The van der Waals surface area contributed by atoms with Crippen LogP contribution in [0.25, 0.3) is 0 Å². The molecule has 11 nitrogen and oxygen atoms in total. The summed E-state index contributed by atoms with van der Waals surface area (Å²) in [5.74, 6) is -4.59. The van der Waals surface area contributed by atoms with Crippen LogP contribution in [0.4, 0.5) is 5.69 Å². The Morgan fingerprint density at radius 1 is 0.955 bits per heavy atom. The minimum absolute atomic E-state index is 0.0202. The molecule has 1 aliphatic heterocycles. The number of fused-ring (bicyclic) bond motifs is 1. The highest BCUT2D eigenvalue weighted by Crippen LogP contribution is 2.39. The lowest BCUT2D eigenvalue weighted by molar-refractivity contribution is -0.384. The van der Waals surface area contributed by atoms with E-state index in [4.69, 9.17) is 27.9 Å². The molecule has 1 fully saturated rings. The van der Waals surface area contributed by atoms with E-state index in [1.807, 2.05) is 13.0 Å². The molecular weight excluding hydrogens is 613 g/mol. The Morgan fingerprint density at radius 2 is 1.59 bits per heavy atom. The number of hydrogen-bond donors (Lipinski definition) is 0. The Morgan fingerprint density at radius 3 is 2.23 bits per heavy atom. The van der Waals surface area contributed by atoms with E-state index in [1.165, 1.54) is 66.7 Å². The van der Waals surface area contributed by atoms with Gasteiger partial charge in [0.2, 0.25) is 0 Å². The average molecular weight is 636 g/mol. The number of hydrazine groups is 1. The molecule has 1 saturated heterocycles. The third kappa shape index (κ3) is 6.10. The first-order valence-corrected chi connectivity index (χ1v) is 14.1. The monoisotopic (exact) mass is 635 g/mol. The van der Waals surface area contributed by atoms with Crippen molar-refractivity contribution in [2.45, 2.75) is 19.8 Å². The van der Waals surface area contributed by atoms with Crippen LogP contribution >= 0.6 is 23.2 Å². The minimum atomic E-state index is -0.835. The number of carbonyl (C=O) groups excluding carboxylic acids is 5. The van der Waals surface area contributed by atoms with E-state index in [0.717, 1.165) is 15.6 Å². The predicted octanol–water partition coefficient (Wildman–Crippen LogP) is 5.70. The van der Waals surface area contributed by atoms with Crippen molar-refractivity contribution in [2.24, 2.45) is 11.8 Å². The molecule has 44 heavy (non-hydrogen) atoms. The van der Waals surface area contributed by atoms with Gasteiger partial charge in [-0.2, -0.15) is 5.01 Å². The van der Waals surface area contributed by atoms with Crippen LogP contribution in [-0.4, -0.2) is 51.0 Å². The van der Waals surface area contributed by atoms with Crippen LogP contribution in [0.1, 0.15) is 50.8 Å². The largest absolute Gasteiger partial charge is 0.423 e. The van der Waals surface area contributed by atoms with Gasteiger partial charge in [-0.1, -0.05) is 34.9 Å². The van der Waals surface area contributed by atoms with Gasteiger partial charge >= 0.3 is 5.97 Å². The SMILES string of the molecule is CC1=CC[C@@H]2C(=O)N(N(CC(=O)c3ccc(OC(=O)c4ccc([N+](=O)[O-])cc4)cc3)C(=O)c3ccc(Cl)cc3Cl)C(=O)[C@H]2C1. The Balaban J connectivity index is 1.37. The Labute approximate surface area is 260 Å². The zero-order valence-electron chi connectivity index (χ0n) is 23.1. The summed E-state index contributed by atoms with van der Waals surface area (Å²) in [6.45, 7) is 1.20. The van der Waals surface area contributed by atoms with Crippen molar-refractivity contribution in [3.63, 3.8) is 0 Å². The molecule has 5 rings (SSSR count). The summed E-state index contributed by atoms with van der Waals surface area (Å²) in [4.78, 5) is 76.8. The number of Topliss-reactive ketones (excluding diaryl/α,β-unsaturated/α-hetero) is 1. The van der Waals surface area contributed by atoms with Crippen LogP contribution in [0.5, 0.6) is 5.75 Å². The summed E-state index contributed by atoms with van der Waals surface area (Å²) >= 11 is 12.3. The lowest BCUT2D eigenvalue weighted by Crippen LogP contribution is -2.52. The van der Waals surface area contributed by atoms with Gasteiger partial charge in [0.25, 0.3) is 23.4 Å². The number of nitrogens with zero attached hydrogens (tertiary/aromatic N) is 3. The van der Waals surface area contributed by atoms with Crippen molar-refractivity contribution in [1.29, 1.82) is 0 Å². The summed E-state index contributed by atoms with van der Waals surface area (Å²) in [7, 11) is 0. The molecule has 0 N–H and O–H groups in total. The van der Waals surface area contributed by atoms with E-state index < -0.39 is 52.8 Å². The molecule has 2 aliphatic rings. The second kappa shape index (κ2) is 12.4. The Kier molecular flexibility index (Phi) is 8.61. The van der Waals surface area contributed by atoms with Gasteiger partial charge in [-0.05, 0) is 74.4 Å². The molecule has 0 bridgehead atoms. The van der Waals surface area contributed by atoms with E-state index in [0.29, 0.717) is 12.8 Å². The summed E-state index contributed by atoms with van der Waals surface area (Å²) in [5, 5.41) is 12.7. The molecule has 1 aliphatic carbocycles. The van der Waals surface area contributed by atoms with E-state index >= 15 is 0 Å². The zero-order valence-corrected chi connectivity index (χ0v) is 24.6. The number of carbonyl (C=O) groups is 5. The molecule has 13 heteroatoms. The van der Waals surface area contributed by atoms with E-state index in [2.05, 4.69) is 0 Å². The number of hydrogen-bond acceptors (Lipinski definition) is 8. The first-order chi connectivity index (χ1) is 20.9. The number of nitro benzene ring substituents is 1. The lowest BCUT2D eigenvalue weighted by Gasteiger charge is -2.30. The number of imide groups is 1. The van der Waals surface area contributed by atoms with Crippen LogP contribution in [0.3, 0.4) is 0 Å². The maximum absolute atomic E-state index is 13.8. The van der Waals surface area contributed by atoms with Gasteiger partial charge in [0.15, 0.2) is 5.78 Å². The van der Waals surface area contributed by atoms with Crippen molar-refractivity contribution in [3.05, 3.63) is 115 Å². The van der Waals surface area contributed by atoms with Crippen LogP contribution in [0.2, 0.25) is 10.0 Å². The minimum Gasteiger partial charge on any atom is -0.423 e. The molecule has 0 saturated carbocycles. The lowest BCUT2D eigenvalue weighted by atomic mass is 9.82. The maximum atomic E-state index is 13.8. The number of nitro groups is 1. The van der Waals surface area contributed by atoms with E-state index in [1.54, 1.807) is 0 Å². The van der Waals surface area contributed by atoms with Gasteiger partial charge in [0, 0.05) is 22.7 Å². The zero-order chi connectivity index (χ0) is 31.7. The van der Waals surface area contributed by atoms with Gasteiger partial charge in [0.05, 0.1) is 32.9 Å². The number of amides is 3. The number of non-ortho nitro benzene ring substituents is 1. The quantitative estimate of drug-likeness (QED) is 0.0583. The highest BCUT2D eigenvalue weighted by atomic mass is 35.5. The van der Waals surface area contributed by atoms with E-state index in [-0.39, 0.29) is 38.2 Å². The standard InChI is InChI=1S/C31H23Cl2N3O8/c1-17-2-12-23-25(14-17)30(40)35(29(23)39)34(28(38)24-13-7-20(32)15-26(24)33)16-27(37)18-5-10-22(11-6-18)44-31(41)19-3-8-21(9-4-19)36(42)43/h2-11,13,15,23,25H,12,14,16H2,1H3/t23-,25-/m0/s1. The number of halogens is 2. The number of rotatable bonds is 8. The fraction of sp³-hybridized carbons (Fsp3) is 0.194. The third-order valence-electron chi connectivity index (χ3n) is 7.43. The first-order valence-electron chi connectivity index (χ1n) is 13.3. The Hall–Kier alpha value is -4.87. The average Bonchev–Trinajstić information content (AvgIpc) is 3.24. The van der Waals surface area contributed by atoms with Crippen molar-refractivity contribution < 1.29 is 33.6 Å². The highest BCUT2D eigenvalue weighted by molar-refractivity contribution is 6.36. The summed E-state index contributed by atoms with van der Waals surface area (Å²) in [6, 6.07) is 14.4. The van der Waals surface area contributed by atoms with Crippen molar-refractivity contribution in [2.75, 3.05) is 6.54 Å². The fourth-order valence-corrected chi connectivity index (χ4v) is 5.60. The van der Waals surface area contributed by atoms with Gasteiger partial charge in [-0.15, -0.1) is 0 Å². The van der Waals surface area contributed by atoms with Crippen LogP contribution < -0.4 is 4.74 Å². The second-order valence-corrected chi connectivity index (χ2v) is 11.2. The molecular formula is C31H23Cl2N3O8. The summed E-state index contributed by atoms with van der Waals surface area (Å²) in [5.41, 5.74) is 0.907. The van der Waals surface area contributed by atoms with E-state index in [9.17, 15) is 34.1 Å². The summed E-state index contributed by atoms with van der Waals surface area (Å²) < 4.78 is 5.30. The molecule has 2 atom stereocenters. The van der Waals surface area contributed by atoms with Crippen LogP contribution in [0, 0.1) is 22.0 Å². The molecule has 1 heterocycles. The third-order valence-corrected chi connectivity index (χ3v) is 7.98. The van der Waals surface area contributed by atoms with Gasteiger partial charge in [-0.3, -0.25) is 29.3 Å². The number of ether oxygens (including phenoxy) is 1. The second-order valence-electron chi connectivity index (χ2n) is 10.3. The predicted molar refractivity (Wildman–Crippen MR) is 158 cm³/mol. The van der Waals surface area contributed by atoms with Crippen molar-refractivity contribution in [1.82, 2.24) is 10.0 Å². The molecule has 0 aromatic heterocycles. The summed E-state index contributed by atoms with van der Waals surface area (Å²) in [6.07, 6.45) is 2.60. The highest BCUT2D eigenvalue weighted by Gasteiger charge is 2.52. The van der Waals surface area contributed by atoms with Gasteiger partial charge in [-0.25, -0.2) is 9.80 Å². The number of ketones is 1. The topological polar surface area (TPSA) is 144 Å². The molecule has 3 aromatic rings. The first kappa shape index (κ1) is 30.6. The molecule has 224 valence electrons. The fourth-order valence-electron chi connectivity index (χ4n) is 5.11. The molecule has 3 amide bonds. The Bertz CT molecular complexity index is 1740. The van der Waals surface area contributed by atoms with Crippen LogP contribution in [-0.2, 0) is 9.59 Å². The molecule has 0 spiro atoms. The van der Waals surface area contributed by atoms with Gasteiger partial charge < -0.3 is 4.74 Å².